The highest BCUT2D eigenvalue weighted by atomic mass is 16.3. The van der Waals surface area contributed by atoms with Gasteiger partial charge in [-0.15, -0.1) is 0 Å². The van der Waals surface area contributed by atoms with Crippen LogP contribution in [0.3, 0.4) is 0 Å². The number of rotatable bonds is 1. The molecular formula is C30H17NO2. The Labute approximate surface area is 188 Å². The fourth-order valence-electron chi connectivity index (χ4n) is 5.32. The molecule has 0 unspecified atom stereocenters. The van der Waals surface area contributed by atoms with Gasteiger partial charge in [0.05, 0.1) is 11.0 Å². The summed E-state index contributed by atoms with van der Waals surface area (Å²) in [7, 11) is 0. The zero-order valence-electron chi connectivity index (χ0n) is 17.6. The third kappa shape index (κ3) is 2.23. The molecule has 3 heteroatoms. The van der Waals surface area contributed by atoms with E-state index in [1.165, 1.54) is 16.3 Å². The number of hydrogen-bond acceptors (Lipinski definition) is 2. The van der Waals surface area contributed by atoms with Gasteiger partial charge in [-0.05, 0) is 36.4 Å². The summed E-state index contributed by atoms with van der Waals surface area (Å²) in [5, 5.41) is 7.02. The van der Waals surface area contributed by atoms with Crippen LogP contribution in [0.2, 0.25) is 0 Å². The maximum absolute atomic E-state index is 6.23. The van der Waals surface area contributed by atoms with Crippen LogP contribution in [0.1, 0.15) is 0 Å². The predicted molar refractivity (Wildman–Crippen MR) is 135 cm³/mol. The van der Waals surface area contributed by atoms with E-state index in [0.717, 1.165) is 55.1 Å². The van der Waals surface area contributed by atoms with Crippen molar-refractivity contribution in [1.82, 2.24) is 4.57 Å². The second-order valence-corrected chi connectivity index (χ2v) is 8.59. The van der Waals surface area contributed by atoms with E-state index in [9.17, 15) is 0 Å². The van der Waals surface area contributed by atoms with E-state index in [2.05, 4.69) is 83.4 Å². The van der Waals surface area contributed by atoms with Crippen LogP contribution in [0, 0.1) is 0 Å². The van der Waals surface area contributed by atoms with E-state index in [0.29, 0.717) is 0 Å². The van der Waals surface area contributed by atoms with Crippen molar-refractivity contribution >= 4 is 65.7 Å². The Morgan fingerprint density at radius 2 is 1.00 bits per heavy atom. The molecule has 0 spiro atoms. The maximum atomic E-state index is 6.23. The van der Waals surface area contributed by atoms with Gasteiger partial charge in [0.1, 0.15) is 22.3 Å². The Morgan fingerprint density at radius 3 is 1.79 bits per heavy atom. The molecule has 0 aliphatic carbocycles. The summed E-state index contributed by atoms with van der Waals surface area (Å²) in [5.41, 5.74) is 6.99. The average Bonchev–Trinajstić information content (AvgIpc) is 3.51. The van der Waals surface area contributed by atoms with Gasteiger partial charge in [-0.3, -0.25) is 0 Å². The van der Waals surface area contributed by atoms with Gasteiger partial charge in [0.15, 0.2) is 0 Å². The van der Waals surface area contributed by atoms with E-state index >= 15 is 0 Å². The Morgan fingerprint density at radius 1 is 0.394 bits per heavy atom. The van der Waals surface area contributed by atoms with E-state index in [-0.39, 0.29) is 0 Å². The van der Waals surface area contributed by atoms with Crippen molar-refractivity contribution in [3.05, 3.63) is 103 Å². The van der Waals surface area contributed by atoms with E-state index in [4.69, 9.17) is 8.83 Å². The normalized spacial score (nSPS) is 12.2. The van der Waals surface area contributed by atoms with Gasteiger partial charge in [0.2, 0.25) is 0 Å². The van der Waals surface area contributed by atoms with Crippen LogP contribution in [0.5, 0.6) is 0 Å². The minimum absolute atomic E-state index is 0.893. The van der Waals surface area contributed by atoms with Gasteiger partial charge in [-0.2, -0.15) is 0 Å². The minimum atomic E-state index is 0.893. The minimum Gasteiger partial charge on any atom is -0.456 e. The number of benzene rings is 5. The molecule has 0 bridgehead atoms. The Bertz CT molecular complexity index is 2030. The molecular weight excluding hydrogens is 406 g/mol. The largest absolute Gasteiger partial charge is 0.456 e. The molecule has 8 rings (SSSR count). The zero-order valence-corrected chi connectivity index (χ0v) is 17.6. The molecule has 0 saturated heterocycles. The average molecular weight is 423 g/mol. The second kappa shape index (κ2) is 6.05. The summed E-state index contributed by atoms with van der Waals surface area (Å²) >= 11 is 0. The summed E-state index contributed by atoms with van der Waals surface area (Å²) < 4.78 is 14.7. The van der Waals surface area contributed by atoms with Crippen molar-refractivity contribution < 1.29 is 8.83 Å². The lowest BCUT2D eigenvalue weighted by Gasteiger charge is -2.07. The Hall–Kier alpha value is -4.50. The highest BCUT2D eigenvalue weighted by Crippen LogP contribution is 2.39. The van der Waals surface area contributed by atoms with Crippen LogP contribution in [0.25, 0.3) is 71.4 Å². The quantitative estimate of drug-likeness (QED) is 0.265. The van der Waals surface area contributed by atoms with Crippen molar-refractivity contribution in [2.24, 2.45) is 0 Å². The molecule has 154 valence electrons. The number of hydrogen-bond donors (Lipinski definition) is 0. The Balaban J connectivity index is 1.50. The molecule has 3 aromatic heterocycles. The van der Waals surface area contributed by atoms with Gasteiger partial charge in [-0.1, -0.05) is 54.6 Å². The van der Waals surface area contributed by atoms with Gasteiger partial charge >= 0.3 is 0 Å². The Kier molecular flexibility index (Phi) is 3.14. The molecule has 0 aliphatic rings. The molecule has 33 heavy (non-hydrogen) atoms. The van der Waals surface area contributed by atoms with Gasteiger partial charge in [-0.25, -0.2) is 0 Å². The summed E-state index contributed by atoms with van der Waals surface area (Å²) in [6.07, 6.45) is 0. The molecule has 0 amide bonds. The highest BCUT2D eigenvalue weighted by Gasteiger charge is 2.17. The first kappa shape index (κ1) is 17.1. The van der Waals surface area contributed by atoms with Crippen molar-refractivity contribution in [2.45, 2.75) is 0 Å². The first-order valence-corrected chi connectivity index (χ1v) is 11.1. The van der Waals surface area contributed by atoms with E-state index < -0.39 is 0 Å². The number of aromatic nitrogens is 1. The van der Waals surface area contributed by atoms with Crippen molar-refractivity contribution in [1.29, 1.82) is 0 Å². The number of fused-ring (bicyclic) bond motifs is 9. The lowest BCUT2D eigenvalue weighted by molar-refractivity contribution is 0.668. The molecule has 0 radical (unpaired) electrons. The van der Waals surface area contributed by atoms with Gasteiger partial charge < -0.3 is 13.4 Å². The molecule has 0 aliphatic heterocycles. The summed E-state index contributed by atoms with van der Waals surface area (Å²) in [6.45, 7) is 0. The molecule has 3 nitrogen and oxygen atoms in total. The van der Waals surface area contributed by atoms with Crippen molar-refractivity contribution in [3.63, 3.8) is 0 Å². The fourth-order valence-corrected chi connectivity index (χ4v) is 5.32. The zero-order chi connectivity index (χ0) is 21.5. The molecule has 0 N–H and O–H groups in total. The number of para-hydroxylation sites is 3. The SMILES string of the molecule is c1ccc2c(c1)oc1cc(-n3c4ccccc4c4cc5c(cc43)oc3ccccc35)ccc12. The smallest absolute Gasteiger partial charge is 0.137 e. The van der Waals surface area contributed by atoms with Crippen molar-refractivity contribution in [2.75, 3.05) is 0 Å². The topological polar surface area (TPSA) is 31.2 Å². The maximum Gasteiger partial charge on any atom is 0.137 e. The van der Waals surface area contributed by atoms with Crippen molar-refractivity contribution in [3.8, 4) is 5.69 Å². The number of nitrogens with zero attached hydrogens (tertiary/aromatic N) is 1. The lowest BCUT2D eigenvalue weighted by atomic mass is 10.1. The summed E-state index contributed by atoms with van der Waals surface area (Å²) in [4.78, 5) is 0. The van der Waals surface area contributed by atoms with E-state index in [1.54, 1.807) is 0 Å². The molecule has 0 atom stereocenters. The van der Waals surface area contributed by atoms with Crippen LogP contribution >= 0.6 is 0 Å². The highest BCUT2D eigenvalue weighted by molar-refractivity contribution is 6.17. The molecule has 5 aromatic carbocycles. The second-order valence-electron chi connectivity index (χ2n) is 8.59. The third-order valence-electron chi connectivity index (χ3n) is 6.79. The lowest BCUT2D eigenvalue weighted by Crippen LogP contribution is -1.93. The standard InChI is InChI=1S/C30H17NO2/c1-4-10-25-19(7-1)23-16-24-21-9-3-6-12-28(21)33-30(24)17-26(23)31(25)18-13-14-22-20-8-2-5-11-27(20)32-29(22)15-18/h1-17H. The summed E-state index contributed by atoms with van der Waals surface area (Å²) in [5.74, 6) is 0. The van der Waals surface area contributed by atoms with Crippen LogP contribution < -0.4 is 0 Å². The van der Waals surface area contributed by atoms with E-state index in [1.807, 2.05) is 24.3 Å². The molecule has 8 aromatic rings. The first-order chi connectivity index (χ1) is 16.3. The molecule has 3 heterocycles. The number of furan rings is 2. The predicted octanol–water partition coefficient (Wildman–Crippen LogP) is 8.58. The third-order valence-corrected chi connectivity index (χ3v) is 6.79. The molecule has 0 saturated carbocycles. The van der Waals surface area contributed by atoms with Gasteiger partial charge in [0, 0.05) is 50.1 Å². The van der Waals surface area contributed by atoms with Crippen LogP contribution in [0.15, 0.2) is 112 Å². The van der Waals surface area contributed by atoms with Crippen LogP contribution in [0.4, 0.5) is 0 Å². The van der Waals surface area contributed by atoms with Gasteiger partial charge in [0.25, 0.3) is 0 Å². The van der Waals surface area contributed by atoms with Crippen LogP contribution in [-0.2, 0) is 0 Å². The van der Waals surface area contributed by atoms with Crippen LogP contribution in [-0.4, -0.2) is 4.57 Å². The monoisotopic (exact) mass is 423 g/mol. The first-order valence-electron chi connectivity index (χ1n) is 11.1. The fraction of sp³-hybridized carbons (Fsp3) is 0. The molecule has 0 fully saturated rings. The summed E-state index contributed by atoms with van der Waals surface area (Å²) in [6, 6.07) is 35.9.